The molecule has 0 spiro atoms. The van der Waals surface area contributed by atoms with E-state index in [0.717, 1.165) is 35.1 Å². The Hall–Kier alpha value is -0.610. The van der Waals surface area contributed by atoms with Crippen LogP contribution in [0.2, 0.25) is 0 Å². The van der Waals surface area contributed by atoms with E-state index in [1.165, 1.54) is 31.7 Å². The van der Waals surface area contributed by atoms with E-state index in [1.54, 1.807) is 0 Å². The zero-order chi connectivity index (χ0) is 14.6. The molecular weight excluding hydrogens is 355 g/mol. The third kappa shape index (κ3) is 2.50. The van der Waals surface area contributed by atoms with Crippen LogP contribution in [0.15, 0.2) is 16.6 Å². The van der Waals surface area contributed by atoms with Gasteiger partial charge in [0.2, 0.25) is 0 Å². The van der Waals surface area contributed by atoms with Gasteiger partial charge in [-0.2, -0.15) is 0 Å². The second-order valence-electron chi connectivity index (χ2n) is 6.26. The van der Waals surface area contributed by atoms with Gasteiger partial charge in [0.15, 0.2) is 0 Å². The van der Waals surface area contributed by atoms with Crippen LogP contribution in [-0.4, -0.2) is 15.4 Å². The molecule has 0 atom stereocenters. The van der Waals surface area contributed by atoms with Gasteiger partial charge in [-0.1, -0.05) is 0 Å². The van der Waals surface area contributed by atoms with Crippen LogP contribution in [-0.2, 0) is 6.42 Å². The molecule has 5 heteroatoms. The van der Waals surface area contributed by atoms with Gasteiger partial charge >= 0.3 is 0 Å². The highest BCUT2D eigenvalue weighted by atomic mass is 79.9. The zero-order valence-corrected chi connectivity index (χ0v) is 14.0. The Morgan fingerprint density at radius 2 is 1.95 bits per heavy atom. The number of imidazole rings is 1. The van der Waals surface area contributed by atoms with E-state index in [1.807, 2.05) is 6.07 Å². The maximum Gasteiger partial charge on any atom is 0.139 e. The second-order valence-corrected chi connectivity index (χ2v) is 7.49. The Kier molecular flexibility index (Phi) is 3.49. The van der Waals surface area contributed by atoms with E-state index in [-0.39, 0.29) is 5.82 Å². The Morgan fingerprint density at radius 3 is 2.52 bits per heavy atom. The molecule has 0 aliphatic heterocycles. The molecule has 2 fully saturated rings. The average Bonchev–Trinajstić information content (AvgIpc) is 3.34. The lowest BCUT2D eigenvalue weighted by molar-refractivity contribution is 0.393. The molecule has 0 saturated heterocycles. The first-order valence-electron chi connectivity index (χ1n) is 7.61. The molecule has 2 aliphatic rings. The second kappa shape index (κ2) is 5.24. The molecular formula is C16H17BrClFN2. The van der Waals surface area contributed by atoms with E-state index in [0.29, 0.717) is 16.4 Å². The summed E-state index contributed by atoms with van der Waals surface area (Å²) in [6, 6.07) is 3.95. The molecule has 2 aliphatic carbocycles. The summed E-state index contributed by atoms with van der Waals surface area (Å²) in [5.41, 5.74) is 1.80. The topological polar surface area (TPSA) is 17.8 Å². The molecule has 112 valence electrons. The number of hydrogen-bond acceptors (Lipinski definition) is 1. The first kappa shape index (κ1) is 14.0. The van der Waals surface area contributed by atoms with Gasteiger partial charge in [-0.15, -0.1) is 11.6 Å². The maximum atomic E-state index is 13.8. The van der Waals surface area contributed by atoms with Gasteiger partial charge in [-0.05, 0) is 59.5 Å². The Balaban J connectivity index is 1.90. The summed E-state index contributed by atoms with van der Waals surface area (Å²) in [6.45, 7) is 0. The van der Waals surface area contributed by atoms with E-state index in [9.17, 15) is 4.39 Å². The van der Waals surface area contributed by atoms with Crippen LogP contribution in [0.3, 0.4) is 0 Å². The molecule has 0 N–H and O–H groups in total. The quantitative estimate of drug-likeness (QED) is 0.670. The summed E-state index contributed by atoms with van der Waals surface area (Å²) >= 11 is 9.27. The molecule has 0 radical (unpaired) electrons. The van der Waals surface area contributed by atoms with E-state index < -0.39 is 0 Å². The van der Waals surface area contributed by atoms with E-state index >= 15 is 0 Å². The van der Waals surface area contributed by atoms with Crippen LogP contribution in [0, 0.1) is 17.7 Å². The van der Waals surface area contributed by atoms with Gasteiger partial charge in [-0.25, -0.2) is 9.37 Å². The first-order valence-corrected chi connectivity index (χ1v) is 8.93. The normalized spacial score (nSPS) is 18.9. The van der Waals surface area contributed by atoms with Gasteiger partial charge in [0.05, 0.1) is 15.5 Å². The fraction of sp³-hybridized carbons (Fsp3) is 0.562. The van der Waals surface area contributed by atoms with Crippen LogP contribution >= 0.6 is 27.5 Å². The van der Waals surface area contributed by atoms with E-state index in [4.69, 9.17) is 11.6 Å². The number of aryl methyl sites for hydroxylation is 1. The van der Waals surface area contributed by atoms with Crippen molar-refractivity contribution in [2.45, 2.75) is 38.1 Å². The maximum absolute atomic E-state index is 13.8. The van der Waals surface area contributed by atoms with Crippen molar-refractivity contribution in [3.8, 4) is 0 Å². The van der Waals surface area contributed by atoms with Gasteiger partial charge in [-0.3, -0.25) is 0 Å². The standard InChI is InChI=1S/C16H17BrClFN2/c17-11-7-14-13(8-12(11)19)20-15(5-6-18)21(14)16(9-1-2-9)10-3-4-10/h7-10,16H,1-6H2. The Bertz CT molecular complexity index is 679. The lowest BCUT2D eigenvalue weighted by Gasteiger charge is -2.21. The highest BCUT2D eigenvalue weighted by Crippen LogP contribution is 2.53. The number of fused-ring (bicyclic) bond motifs is 1. The van der Waals surface area contributed by atoms with Gasteiger partial charge in [0.25, 0.3) is 0 Å². The van der Waals surface area contributed by atoms with Crippen molar-refractivity contribution in [3.05, 3.63) is 28.2 Å². The van der Waals surface area contributed by atoms with Crippen molar-refractivity contribution in [3.63, 3.8) is 0 Å². The lowest BCUT2D eigenvalue weighted by Crippen LogP contribution is -2.16. The van der Waals surface area contributed by atoms with Crippen molar-refractivity contribution < 1.29 is 4.39 Å². The summed E-state index contributed by atoms with van der Waals surface area (Å²) in [5, 5.41) is 0. The molecule has 4 rings (SSSR count). The van der Waals surface area contributed by atoms with Crippen LogP contribution in [0.1, 0.15) is 37.5 Å². The SMILES string of the molecule is Fc1cc2nc(CCCl)n(C(C3CC3)C3CC3)c2cc1Br. The third-order valence-electron chi connectivity index (χ3n) is 4.63. The van der Waals surface area contributed by atoms with Crippen LogP contribution < -0.4 is 0 Å². The van der Waals surface area contributed by atoms with E-state index in [2.05, 4.69) is 25.5 Å². The van der Waals surface area contributed by atoms with Crippen molar-refractivity contribution in [2.24, 2.45) is 11.8 Å². The van der Waals surface area contributed by atoms with Gasteiger partial charge in [0, 0.05) is 24.4 Å². The predicted octanol–water partition coefficient (Wildman–Crippen LogP) is 5.08. The highest BCUT2D eigenvalue weighted by Gasteiger charge is 2.43. The summed E-state index contributed by atoms with van der Waals surface area (Å²) in [7, 11) is 0. The molecule has 0 bridgehead atoms. The number of hydrogen-bond donors (Lipinski definition) is 0. The summed E-state index contributed by atoms with van der Waals surface area (Å²) in [6.07, 6.45) is 5.98. The van der Waals surface area contributed by atoms with Crippen molar-refractivity contribution >= 4 is 38.6 Å². The smallest absolute Gasteiger partial charge is 0.139 e. The number of benzene rings is 1. The lowest BCUT2D eigenvalue weighted by atomic mass is 10.1. The highest BCUT2D eigenvalue weighted by molar-refractivity contribution is 9.10. The Morgan fingerprint density at radius 1 is 1.29 bits per heavy atom. The van der Waals surface area contributed by atoms with Crippen LogP contribution in [0.4, 0.5) is 4.39 Å². The number of halogens is 3. The summed E-state index contributed by atoms with van der Waals surface area (Å²) in [4.78, 5) is 4.66. The number of alkyl halides is 1. The summed E-state index contributed by atoms with van der Waals surface area (Å²) in [5.74, 6) is 2.86. The van der Waals surface area contributed by atoms with Crippen molar-refractivity contribution in [1.82, 2.24) is 9.55 Å². The predicted molar refractivity (Wildman–Crippen MR) is 86.3 cm³/mol. The largest absolute Gasteiger partial charge is 0.324 e. The zero-order valence-electron chi connectivity index (χ0n) is 11.7. The first-order chi connectivity index (χ1) is 10.2. The minimum absolute atomic E-state index is 0.251. The fourth-order valence-corrected chi connectivity index (χ4v) is 3.92. The minimum atomic E-state index is -0.251. The monoisotopic (exact) mass is 370 g/mol. The molecule has 0 amide bonds. The molecule has 1 heterocycles. The molecule has 1 aromatic heterocycles. The van der Waals surface area contributed by atoms with Crippen molar-refractivity contribution in [1.29, 1.82) is 0 Å². The molecule has 1 aromatic carbocycles. The van der Waals surface area contributed by atoms with Crippen LogP contribution in [0.5, 0.6) is 0 Å². The number of nitrogens with zero attached hydrogens (tertiary/aromatic N) is 2. The molecule has 2 saturated carbocycles. The van der Waals surface area contributed by atoms with Crippen LogP contribution in [0.25, 0.3) is 11.0 Å². The molecule has 0 unspecified atom stereocenters. The van der Waals surface area contributed by atoms with Gasteiger partial charge < -0.3 is 4.57 Å². The minimum Gasteiger partial charge on any atom is -0.324 e. The van der Waals surface area contributed by atoms with Crippen molar-refractivity contribution in [2.75, 3.05) is 5.88 Å². The molecule has 2 aromatic rings. The van der Waals surface area contributed by atoms with Gasteiger partial charge in [0.1, 0.15) is 11.6 Å². The summed E-state index contributed by atoms with van der Waals surface area (Å²) < 4.78 is 16.7. The fourth-order valence-electron chi connectivity index (χ4n) is 3.42. The average molecular weight is 372 g/mol. The number of aromatic nitrogens is 2. The molecule has 21 heavy (non-hydrogen) atoms. The Labute approximate surface area is 136 Å². The number of rotatable bonds is 5. The molecule has 2 nitrogen and oxygen atoms in total. The third-order valence-corrected chi connectivity index (χ3v) is 5.43.